The van der Waals surface area contributed by atoms with Crippen LogP contribution in [0.1, 0.15) is 10.4 Å². The third kappa shape index (κ3) is 3.30. The molecule has 1 amide bonds. The van der Waals surface area contributed by atoms with Gasteiger partial charge in [-0.15, -0.1) is 0 Å². The van der Waals surface area contributed by atoms with Crippen LogP contribution < -0.4 is 4.74 Å². The lowest BCUT2D eigenvalue weighted by molar-refractivity contribution is 0.0599. The van der Waals surface area contributed by atoms with Crippen LogP contribution in [0.3, 0.4) is 0 Å². The smallest absolute Gasteiger partial charge is 0.407 e. The fraction of sp³-hybridized carbons (Fsp3) is 0.316. The van der Waals surface area contributed by atoms with Crippen LogP contribution in [0.5, 0.6) is 5.88 Å². The summed E-state index contributed by atoms with van der Waals surface area (Å²) >= 11 is 0. The SMILES string of the molecule is COC(=O)c1cc(OC2C3CN(C(=O)O)C[C@H]32)nc(-c2ccc(F)cc2)c1. The molecule has 2 heterocycles. The van der Waals surface area contributed by atoms with Gasteiger partial charge >= 0.3 is 12.1 Å². The number of halogens is 1. The van der Waals surface area contributed by atoms with Gasteiger partial charge in [0, 0.05) is 36.6 Å². The summed E-state index contributed by atoms with van der Waals surface area (Å²) in [4.78, 5) is 28.8. The standard InChI is InChI=1S/C19H17FN2O5/c1-26-18(23)11-6-15(10-2-4-12(20)5-3-10)21-16(7-11)27-17-13-8-22(19(24)25)9-14(13)17/h2-7,13-14,17H,8-9H2,1H3,(H,24,25)/t13-,14?,17?/m1/s1. The molecule has 4 rings (SSSR count). The number of fused-ring (bicyclic) bond motifs is 1. The Morgan fingerprint density at radius 2 is 1.85 bits per heavy atom. The van der Waals surface area contributed by atoms with Crippen LogP contribution in [-0.4, -0.2) is 53.4 Å². The molecule has 1 aromatic carbocycles. The zero-order valence-electron chi connectivity index (χ0n) is 14.5. The normalized spacial score (nSPS) is 22.9. The van der Waals surface area contributed by atoms with Gasteiger partial charge in [0.15, 0.2) is 0 Å². The minimum Gasteiger partial charge on any atom is -0.474 e. The molecule has 2 aromatic rings. The monoisotopic (exact) mass is 372 g/mol. The molecule has 0 radical (unpaired) electrons. The number of benzene rings is 1. The number of aromatic nitrogens is 1. The third-order valence-electron chi connectivity index (χ3n) is 5.01. The fourth-order valence-electron chi connectivity index (χ4n) is 3.51. The Bertz CT molecular complexity index is 889. The van der Waals surface area contributed by atoms with Gasteiger partial charge in [0.1, 0.15) is 11.9 Å². The van der Waals surface area contributed by atoms with Crippen molar-refractivity contribution in [2.75, 3.05) is 20.2 Å². The highest BCUT2D eigenvalue weighted by Gasteiger charge is 2.59. The van der Waals surface area contributed by atoms with Crippen LogP contribution >= 0.6 is 0 Å². The highest BCUT2D eigenvalue weighted by Crippen LogP contribution is 2.47. The maximum atomic E-state index is 13.2. The number of piperidine rings is 1. The molecule has 1 aliphatic heterocycles. The second kappa shape index (κ2) is 6.53. The summed E-state index contributed by atoms with van der Waals surface area (Å²) in [6.07, 6.45) is -1.05. The van der Waals surface area contributed by atoms with Gasteiger partial charge < -0.3 is 19.5 Å². The predicted octanol–water partition coefficient (Wildman–Crippen LogP) is 2.66. The molecule has 1 saturated heterocycles. The molecule has 2 aliphatic rings. The Labute approximate surface area is 154 Å². The van der Waals surface area contributed by atoms with E-state index in [0.717, 1.165) is 0 Å². The number of carbonyl (C=O) groups is 2. The van der Waals surface area contributed by atoms with Crippen LogP contribution in [-0.2, 0) is 4.74 Å². The van der Waals surface area contributed by atoms with E-state index in [0.29, 0.717) is 24.3 Å². The summed E-state index contributed by atoms with van der Waals surface area (Å²) in [6, 6.07) is 8.83. The molecule has 2 unspecified atom stereocenters. The number of carbonyl (C=O) groups excluding carboxylic acids is 1. The Hall–Kier alpha value is -3.16. The van der Waals surface area contributed by atoms with Crippen molar-refractivity contribution in [1.82, 2.24) is 9.88 Å². The molecule has 2 fully saturated rings. The summed E-state index contributed by atoms with van der Waals surface area (Å²) in [6.45, 7) is 0.873. The number of hydrogen-bond acceptors (Lipinski definition) is 5. The van der Waals surface area contributed by atoms with Crippen LogP contribution in [0.25, 0.3) is 11.3 Å². The summed E-state index contributed by atoms with van der Waals surface area (Å²) in [5.74, 6) is -0.358. The maximum absolute atomic E-state index is 13.2. The lowest BCUT2D eigenvalue weighted by Gasteiger charge is -2.17. The van der Waals surface area contributed by atoms with Gasteiger partial charge in [-0.2, -0.15) is 0 Å². The highest BCUT2D eigenvalue weighted by molar-refractivity contribution is 5.91. The van der Waals surface area contributed by atoms with Gasteiger partial charge in [-0.05, 0) is 30.3 Å². The van der Waals surface area contributed by atoms with Crippen LogP contribution in [0.15, 0.2) is 36.4 Å². The van der Waals surface area contributed by atoms with E-state index >= 15 is 0 Å². The average Bonchev–Trinajstić information content (AvgIpc) is 3.10. The zero-order chi connectivity index (χ0) is 19.1. The van der Waals surface area contributed by atoms with E-state index in [4.69, 9.17) is 14.6 Å². The molecule has 27 heavy (non-hydrogen) atoms. The summed E-state index contributed by atoms with van der Waals surface area (Å²) in [7, 11) is 1.28. The van der Waals surface area contributed by atoms with Crippen molar-refractivity contribution in [2.45, 2.75) is 6.10 Å². The molecule has 1 N–H and O–H groups in total. The van der Waals surface area contributed by atoms with Crippen molar-refractivity contribution >= 4 is 12.1 Å². The minimum atomic E-state index is -0.926. The Morgan fingerprint density at radius 1 is 1.19 bits per heavy atom. The molecule has 0 spiro atoms. The molecular weight excluding hydrogens is 355 g/mol. The number of hydrogen-bond donors (Lipinski definition) is 1. The van der Waals surface area contributed by atoms with Gasteiger partial charge in [0.25, 0.3) is 0 Å². The van der Waals surface area contributed by atoms with E-state index in [1.807, 2.05) is 0 Å². The van der Waals surface area contributed by atoms with Crippen LogP contribution in [0.4, 0.5) is 9.18 Å². The molecule has 0 bridgehead atoms. The molecule has 1 aliphatic carbocycles. The summed E-state index contributed by atoms with van der Waals surface area (Å²) in [5.41, 5.74) is 1.38. The number of amides is 1. The minimum absolute atomic E-state index is 0.123. The van der Waals surface area contributed by atoms with E-state index in [-0.39, 0.29) is 35.2 Å². The number of esters is 1. The van der Waals surface area contributed by atoms with Crippen molar-refractivity contribution in [3.8, 4) is 17.1 Å². The predicted molar refractivity (Wildman–Crippen MR) is 92.0 cm³/mol. The van der Waals surface area contributed by atoms with Gasteiger partial charge in [0.05, 0.1) is 18.4 Å². The van der Waals surface area contributed by atoms with Gasteiger partial charge in [0.2, 0.25) is 5.88 Å². The first-order valence-electron chi connectivity index (χ1n) is 8.47. The first-order chi connectivity index (χ1) is 13.0. The van der Waals surface area contributed by atoms with E-state index in [1.54, 1.807) is 18.2 Å². The van der Waals surface area contributed by atoms with Crippen molar-refractivity contribution in [3.05, 3.63) is 47.8 Å². The Morgan fingerprint density at radius 3 is 2.44 bits per heavy atom. The zero-order valence-corrected chi connectivity index (χ0v) is 14.5. The summed E-state index contributed by atoms with van der Waals surface area (Å²) < 4.78 is 23.9. The first-order valence-corrected chi connectivity index (χ1v) is 8.47. The van der Waals surface area contributed by atoms with E-state index in [2.05, 4.69) is 4.98 Å². The highest BCUT2D eigenvalue weighted by atomic mass is 19.1. The molecule has 1 saturated carbocycles. The lowest BCUT2D eigenvalue weighted by Crippen LogP contribution is -2.31. The molecule has 140 valence electrons. The maximum Gasteiger partial charge on any atom is 0.407 e. The number of carboxylic acid groups (broad SMARTS) is 1. The first kappa shape index (κ1) is 17.3. The quantitative estimate of drug-likeness (QED) is 0.830. The van der Waals surface area contributed by atoms with Gasteiger partial charge in [-0.3, -0.25) is 0 Å². The van der Waals surface area contributed by atoms with Crippen molar-refractivity contribution in [1.29, 1.82) is 0 Å². The molecule has 8 heteroatoms. The molecular formula is C19H17FN2O5. The second-order valence-electron chi connectivity index (χ2n) is 6.68. The van der Waals surface area contributed by atoms with Crippen molar-refractivity contribution < 1.29 is 28.6 Å². The number of ether oxygens (including phenoxy) is 2. The average molecular weight is 372 g/mol. The van der Waals surface area contributed by atoms with Crippen molar-refractivity contribution in [3.63, 3.8) is 0 Å². The number of pyridine rings is 1. The van der Waals surface area contributed by atoms with Crippen molar-refractivity contribution in [2.24, 2.45) is 11.8 Å². The van der Waals surface area contributed by atoms with E-state index in [1.165, 1.54) is 30.2 Å². The number of methoxy groups -OCH3 is 1. The van der Waals surface area contributed by atoms with E-state index < -0.39 is 12.1 Å². The van der Waals surface area contributed by atoms with Gasteiger partial charge in [-0.1, -0.05) is 0 Å². The van der Waals surface area contributed by atoms with E-state index in [9.17, 15) is 14.0 Å². The fourth-order valence-corrected chi connectivity index (χ4v) is 3.51. The number of nitrogens with zero attached hydrogens (tertiary/aromatic N) is 2. The van der Waals surface area contributed by atoms with Gasteiger partial charge in [-0.25, -0.2) is 19.0 Å². The largest absolute Gasteiger partial charge is 0.474 e. The van der Waals surface area contributed by atoms with Crippen LogP contribution in [0.2, 0.25) is 0 Å². The molecule has 7 nitrogen and oxygen atoms in total. The topological polar surface area (TPSA) is 89.0 Å². The summed E-state index contributed by atoms with van der Waals surface area (Å²) in [5, 5.41) is 9.03. The second-order valence-corrected chi connectivity index (χ2v) is 6.68. The Kier molecular flexibility index (Phi) is 4.18. The lowest BCUT2D eigenvalue weighted by atomic mass is 10.1. The van der Waals surface area contributed by atoms with Crippen LogP contribution in [0, 0.1) is 17.7 Å². The third-order valence-corrected chi connectivity index (χ3v) is 5.01. The number of rotatable bonds is 4. The Balaban J connectivity index is 1.57. The molecule has 3 atom stereocenters. The molecule has 1 aromatic heterocycles. The number of likely N-dealkylation sites (tertiary alicyclic amines) is 1.